The first kappa shape index (κ1) is 23.2. The second-order valence-corrected chi connectivity index (χ2v) is 9.98. The molecule has 1 saturated heterocycles. The van der Waals surface area contributed by atoms with E-state index in [-0.39, 0.29) is 23.9 Å². The Labute approximate surface area is 199 Å². The minimum absolute atomic E-state index is 0.00785. The van der Waals surface area contributed by atoms with E-state index in [4.69, 9.17) is 0 Å². The molecule has 2 aromatic carbocycles. The predicted molar refractivity (Wildman–Crippen MR) is 127 cm³/mol. The van der Waals surface area contributed by atoms with Gasteiger partial charge in [0, 0.05) is 37.9 Å². The van der Waals surface area contributed by atoms with Gasteiger partial charge < -0.3 is 10.2 Å². The molecule has 182 valence electrons. The van der Waals surface area contributed by atoms with E-state index < -0.39 is 11.7 Å². The molecule has 2 aromatic rings. The lowest BCUT2D eigenvalue weighted by atomic mass is 9.82. The Balaban J connectivity index is 1.41. The SMILES string of the molecule is O=C(NC1CCCCC1)[C@H]1Cc2cc(C(F)(F)F)ccc2N2CCN(Cc3ccccc3)C[C@H]12. The van der Waals surface area contributed by atoms with Crippen LogP contribution in [0.3, 0.4) is 0 Å². The maximum Gasteiger partial charge on any atom is 0.416 e. The summed E-state index contributed by atoms with van der Waals surface area (Å²) in [6, 6.07) is 14.4. The van der Waals surface area contributed by atoms with Crippen LogP contribution in [0.1, 0.15) is 48.8 Å². The number of halogens is 3. The molecule has 2 aliphatic heterocycles. The lowest BCUT2D eigenvalue weighted by molar-refractivity contribution is -0.137. The van der Waals surface area contributed by atoms with Crippen LogP contribution in [-0.4, -0.2) is 42.5 Å². The van der Waals surface area contributed by atoms with E-state index in [9.17, 15) is 18.0 Å². The second-order valence-electron chi connectivity index (χ2n) is 9.98. The van der Waals surface area contributed by atoms with E-state index in [0.717, 1.165) is 51.0 Å². The molecule has 5 rings (SSSR count). The Bertz CT molecular complexity index is 1000. The third-order valence-corrected chi connectivity index (χ3v) is 7.66. The van der Waals surface area contributed by atoms with Gasteiger partial charge in [0.05, 0.1) is 17.5 Å². The summed E-state index contributed by atoms with van der Waals surface area (Å²) in [5, 5.41) is 3.26. The maximum absolute atomic E-state index is 13.5. The fourth-order valence-electron chi connectivity index (χ4n) is 5.90. The van der Waals surface area contributed by atoms with E-state index in [0.29, 0.717) is 18.5 Å². The Morgan fingerprint density at radius 3 is 2.50 bits per heavy atom. The number of nitrogens with one attached hydrogen (secondary N) is 1. The van der Waals surface area contributed by atoms with Crippen molar-refractivity contribution in [1.29, 1.82) is 0 Å². The van der Waals surface area contributed by atoms with Crippen LogP contribution < -0.4 is 10.2 Å². The van der Waals surface area contributed by atoms with Crippen LogP contribution in [-0.2, 0) is 23.9 Å². The van der Waals surface area contributed by atoms with Gasteiger partial charge in [-0.25, -0.2) is 0 Å². The molecule has 0 radical (unpaired) electrons. The number of alkyl halides is 3. The number of rotatable bonds is 4. The van der Waals surface area contributed by atoms with E-state index in [1.165, 1.54) is 24.1 Å². The largest absolute Gasteiger partial charge is 0.416 e. The number of piperazine rings is 1. The van der Waals surface area contributed by atoms with Gasteiger partial charge in [-0.05, 0) is 48.6 Å². The van der Waals surface area contributed by atoms with Crippen molar-refractivity contribution in [3.63, 3.8) is 0 Å². The summed E-state index contributed by atoms with van der Waals surface area (Å²) >= 11 is 0. The van der Waals surface area contributed by atoms with Crippen LogP contribution in [0.2, 0.25) is 0 Å². The molecule has 0 bridgehead atoms. The summed E-state index contributed by atoms with van der Waals surface area (Å²) in [4.78, 5) is 18.1. The molecule has 0 aromatic heterocycles. The average Bonchev–Trinajstić information content (AvgIpc) is 2.83. The molecule has 2 heterocycles. The predicted octanol–water partition coefficient (Wildman–Crippen LogP) is 5.02. The first-order chi connectivity index (χ1) is 16.4. The highest BCUT2D eigenvalue weighted by molar-refractivity contribution is 5.82. The molecule has 2 fully saturated rings. The smallest absolute Gasteiger partial charge is 0.365 e. The molecule has 1 N–H and O–H groups in total. The number of nitrogens with zero attached hydrogens (tertiary/aromatic N) is 2. The molecule has 0 spiro atoms. The normalized spacial score (nSPS) is 23.8. The van der Waals surface area contributed by atoms with Gasteiger partial charge in [0.2, 0.25) is 5.91 Å². The van der Waals surface area contributed by atoms with E-state index in [1.54, 1.807) is 6.07 Å². The topological polar surface area (TPSA) is 35.6 Å². The Kier molecular flexibility index (Phi) is 6.56. The number of fused-ring (bicyclic) bond motifs is 3. The van der Waals surface area contributed by atoms with Gasteiger partial charge in [-0.2, -0.15) is 13.2 Å². The van der Waals surface area contributed by atoms with Gasteiger partial charge in [0.15, 0.2) is 0 Å². The molecule has 0 unspecified atom stereocenters. The molecule has 1 amide bonds. The highest BCUT2D eigenvalue weighted by atomic mass is 19.4. The van der Waals surface area contributed by atoms with Crippen molar-refractivity contribution in [1.82, 2.24) is 10.2 Å². The van der Waals surface area contributed by atoms with Gasteiger partial charge in [0.25, 0.3) is 0 Å². The van der Waals surface area contributed by atoms with E-state index >= 15 is 0 Å². The van der Waals surface area contributed by atoms with Crippen molar-refractivity contribution in [2.75, 3.05) is 24.5 Å². The Hall–Kier alpha value is -2.54. The second kappa shape index (κ2) is 9.61. The lowest BCUT2D eigenvalue weighted by Crippen LogP contribution is -2.61. The van der Waals surface area contributed by atoms with Gasteiger partial charge >= 0.3 is 6.18 Å². The van der Waals surface area contributed by atoms with Crippen molar-refractivity contribution in [2.24, 2.45) is 5.92 Å². The number of benzene rings is 2. The van der Waals surface area contributed by atoms with Crippen LogP contribution in [0.5, 0.6) is 0 Å². The molecule has 3 aliphatic rings. The Morgan fingerprint density at radius 2 is 1.76 bits per heavy atom. The third kappa shape index (κ3) is 4.95. The van der Waals surface area contributed by atoms with Crippen molar-refractivity contribution in [3.05, 3.63) is 65.2 Å². The quantitative estimate of drug-likeness (QED) is 0.681. The molecule has 1 aliphatic carbocycles. The van der Waals surface area contributed by atoms with E-state index in [2.05, 4.69) is 27.2 Å². The molecular weight excluding hydrogens is 439 g/mol. The fourth-order valence-corrected chi connectivity index (χ4v) is 5.90. The number of carbonyl (C=O) groups excluding carboxylic acids is 1. The average molecular weight is 472 g/mol. The van der Waals surface area contributed by atoms with Crippen molar-refractivity contribution >= 4 is 11.6 Å². The third-order valence-electron chi connectivity index (χ3n) is 7.66. The molecule has 2 atom stereocenters. The molecule has 4 nitrogen and oxygen atoms in total. The summed E-state index contributed by atoms with van der Waals surface area (Å²) < 4.78 is 40.2. The van der Waals surface area contributed by atoms with Crippen LogP contribution in [0, 0.1) is 5.92 Å². The zero-order chi connectivity index (χ0) is 23.7. The zero-order valence-corrected chi connectivity index (χ0v) is 19.4. The molecule has 1 saturated carbocycles. The van der Waals surface area contributed by atoms with Crippen molar-refractivity contribution in [3.8, 4) is 0 Å². The lowest BCUT2D eigenvalue weighted by Gasteiger charge is -2.49. The Morgan fingerprint density at radius 1 is 1.00 bits per heavy atom. The monoisotopic (exact) mass is 471 g/mol. The fraction of sp³-hybridized carbons (Fsp3) is 0.519. The van der Waals surface area contributed by atoms with Crippen LogP contribution >= 0.6 is 0 Å². The summed E-state index contributed by atoms with van der Waals surface area (Å²) in [6.07, 6.45) is 1.37. The number of anilines is 1. The van der Waals surface area contributed by atoms with E-state index in [1.807, 2.05) is 18.2 Å². The van der Waals surface area contributed by atoms with Crippen LogP contribution in [0.15, 0.2) is 48.5 Å². The standard InChI is InChI=1S/C27H32F3N3O/c28-27(29,30)21-11-12-24-20(15-21)16-23(26(34)31-22-9-5-2-6-10-22)25-18-32(13-14-33(24)25)17-19-7-3-1-4-8-19/h1,3-4,7-8,11-12,15,22-23,25H,2,5-6,9-10,13-14,16-18H2,(H,31,34)/t23-,25+/m0/s1. The number of carbonyl (C=O) groups is 1. The minimum Gasteiger partial charge on any atom is -0.365 e. The van der Waals surface area contributed by atoms with Crippen molar-refractivity contribution in [2.45, 2.75) is 63.3 Å². The first-order valence-corrected chi connectivity index (χ1v) is 12.4. The van der Waals surface area contributed by atoms with Crippen LogP contribution in [0.4, 0.5) is 18.9 Å². The summed E-state index contributed by atoms with van der Waals surface area (Å²) in [5.41, 5.74) is 2.06. The molecular formula is C27H32F3N3O. The van der Waals surface area contributed by atoms with Crippen molar-refractivity contribution < 1.29 is 18.0 Å². The maximum atomic E-state index is 13.5. The first-order valence-electron chi connectivity index (χ1n) is 12.4. The van der Waals surface area contributed by atoms with Gasteiger partial charge in [0.1, 0.15) is 0 Å². The van der Waals surface area contributed by atoms with Crippen LogP contribution in [0.25, 0.3) is 0 Å². The molecule has 34 heavy (non-hydrogen) atoms. The minimum atomic E-state index is -4.39. The van der Waals surface area contributed by atoms with Gasteiger partial charge in [-0.1, -0.05) is 49.6 Å². The number of hydrogen-bond acceptors (Lipinski definition) is 3. The molecule has 7 heteroatoms. The van der Waals surface area contributed by atoms with Gasteiger partial charge in [-0.15, -0.1) is 0 Å². The summed E-state index contributed by atoms with van der Waals surface area (Å²) in [5.74, 6) is -0.372. The number of amides is 1. The van der Waals surface area contributed by atoms with Gasteiger partial charge in [-0.3, -0.25) is 9.69 Å². The zero-order valence-electron chi connectivity index (χ0n) is 19.4. The highest BCUT2D eigenvalue weighted by Gasteiger charge is 2.43. The summed E-state index contributed by atoms with van der Waals surface area (Å²) in [7, 11) is 0. The summed E-state index contributed by atoms with van der Waals surface area (Å²) in [6.45, 7) is 3.03. The highest BCUT2D eigenvalue weighted by Crippen LogP contribution is 2.40. The number of hydrogen-bond donors (Lipinski definition) is 1.